The molecular weight excluding hydrogens is 394 g/mol. The zero-order valence-corrected chi connectivity index (χ0v) is 15.9. The number of halogens is 1. The van der Waals surface area contributed by atoms with Crippen molar-refractivity contribution in [1.82, 2.24) is 5.16 Å². The van der Waals surface area contributed by atoms with Gasteiger partial charge in [-0.2, -0.15) is 5.26 Å². The van der Waals surface area contributed by atoms with Crippen LogP contribution >= 0.6 is 11.6 Å². The fourth-order valence-electron chi connectivity index (χ4n) is 3.50. The lowest BCUT2D eigenvalue weighted by atomic mass is 9.82. The topological polar surface area (TPSA) is 122 Å². The molecule has 3 aromatic rings. The Balaban J connectivity index is 1.93. The van der Waals surface area contributed by atoms with Gasteiger partial charge < -0.3 is 10.3 Å². The van der Waals surface area contributed by atoms with Crippen LogP contribution in [0.1, 0.15) is 22.7 Å². The SMILES string of the molecule is Cc1noc2c1C(c1cccc(Cl)c1)C(C#N)=C(N)N2c1ccc([N+](=O)[O-])cc1. The summed E-state index contributed by atoms with van der Waals surface area (Å²) in [5.74, 6) is 0.0297. The van der Waals surface area contributed by atoms with E-state index in [1.807, 2.05) is 6.07 Å². The zero-order valence-electron chi connectivity index (χ0n) is 15.2. The van der Waals surface area contributed by atoms with Crippen LogP contribution in [0.5, 0.6) is 0 Å². The molecule has 8 nitrogen and oxygen atoms in total. The van der Waals surface area contributed by atoms with Gasteiger partial charge in [0.25, 0.3) is 5.69 Å². The quantitative estimate of drug-likeness (QED) is 0.500. The highest BCUT2D eigenvalue weighted by atomic mass is 35.5. The van der Waals surface area contributed by atoms with E-state index < -0.39 is 10.8 Å². The van der Waals surface area contributed by atoms with E-state index in [2.05, 4.69) is 11.2 Å². The molecule has 1 aliphatic heterocycles. The Morgan fingerprint density at radius 2 is 2.03 bits per heavy atom. The van der Waals surface area contributed by atoms with Crippen molar-refractivity contribution in [2.24, 2.45) is 5.73 Å². The van der Waals surface area contributed by atoms with E-state index in [0.29, 0.717) is 33.4 Å². The van der Waals surface area contributed by atoms with Crippen LogP contribution in [0.15, 0.2) is 64.4 Å². The molecule has 29 heavy (non-hydrogen) atoms. The van der Waals surface area contributed by atoms with Gasteiger partial charge in [0, 0.05) is 17.2 Å². The van der Waals surface area contributed by atoms with Crippen molar-refractivity contribution in [3.05, 3.63) is 91.9 Å². The van der Waals surface area contributed by atoms with Crippen LogP contribution in [0.3, 0.4) is 0 Å². The van der Waals surface area contributed by atoms with Crippen LogP contribution in [-0.4, -0.2) is 10.1 Å². The molecule has 0 spiro atoms. The second-order valence-corrected chi connectivity index (χ2v) is 6.93. The number of nitro groups is 1. The molecule has 2 N–H and O–H groups in total. The van der Waals surface area contributed by atoms with Crippen LogP contribution in [0.2, 0.25) is 5.02 Å². The van der Waals surface area contributed by atoms with E-state index in [1.54, 1.807) is 42.2 Å². The highest BCUT2D eigenvalue weighted by Gasteiger charge is 2.39. The molecule has 9 heteroatoms. The highest BCUT2D eigenvalue weighted by Crippen LogP contribution is 2.48. The van der Waals surface area contributed by atoms with Crippen LogP contribution < -0.4 is 10.6 Å². The van der Waals surface area contributed by atoms with Gasteiger partial charge in [0.15, 0.2) is 0 Å². The molecule has 144 valence electrons. The predicted octanol–water partition coefficient (Wildman–Crippen LogP) is 4.52. The number of hydrogen-bond acceptors (Lipinski definition) is 7. The molecule has 1 aliphatic rings. The smallest absolute Gasteiger partial charge is 0.269 e. The van der Waals surface area contributed by atoms with E-state index in [-0.39, 0.29) is 11.5 Å². The molecule has 0 amide bonds. The third-order valence-corrected chi connectivity index (χ3v) is 5.04. The van der Waals surface area contributed by atoms with Crippen molar-refractivity contribution in [3.63, 3.8) is 0 Å². The lowest BCUT2D eigenvalue weighted by molar-refractivity contribution is -0.384. The number of aromatic nitrogens is 1. The third-order valence-electron chi connectivity index (χ3n) is 4.81. The van der Waals surface area contributed by atoms with E-state index >= 15 is 0 Å². The molecule has 4 rings (SSSR count). The van der Waals surface area contributed by atoms with Crippen molar-refractivity contribution >= 4 is 28.9 Å². The molecule has 1 aromatic heterocycles. The summed E-state index contributed by atoms with van der Waals surface area (Å²) in [6.07, 6.45) is 0. The third kappa shape index (κ3) is 2.98. The number of benzene rings is 2. The lowest BCUT2D eigenvalue weighted by Crippen LogP contribution is -2.31. The average molecular weight is 408 g/mol. The molecule has 0 fully saturated rings. The van der Waals surface area contributed by atoms with Gasteiger partial charge in [-0.15, -0.1) is 0 Å². The predicted molar refractivity (Wildman–Crippen MR) is 107 cm³/mol. The van der Waals surface area contributed by atoms with Crippen LogP contribution in [-0.2, 0) is 0 Å². The molecule has 0 saturated heterocycles. The first-order valence-corrected chi connectivity index (χ1v) is 8.96. The van der Waals surface area contributed by atoms with Crippen LogP contribution in [0.25, 0.3) is 0 Å². The first kappa shape index (κ1) is 18.5. The summed E-state index contributed by atoms with van der Waals surface area (Å²) < 4.78 is 5.56. The van der Waals surface area contributed by atoms with Gasteiger partial charge in [-0.3, -0.25) is 15.0 Å². The van der Waals surface area contributed by atoms with Crippen molar-refractivity contribution in [2.45, 2.75) is 12.8 Å². The molecule has 1 atom stereocenters. The van der Waals surface area contributed by atoms with Crippen molar-refractivity contribution in [3.8, 4) is 6.07 Å². The summed E-state index contributed by atoms with van der Waals surface area (Å²) in [5.41, 5.74) is 9.24. The first-order valence-electron chi connectivity index (χ1n) is 8.58. The Kier molecular flexibility index (Phi) is 4.45. The molecule has 0 saturated carbocycles. The number of anilines is 2. The van der Waals surface area contributed by atoms with Crippen molar-refractivity contribution in [2.75, 3.05) is 4.90 Å². The van der Waals surface area contributed by atoms with Crippen LogP contribution in [0.4, 0.5) is 17.3 Å². The normalized spacial score (nSPS) is 15.8. The molecule has 0 radical (unpaired) electrons. The second-order valence-electron chi connectivity index (χ2n) is 6.49. The molecule has 0 aliphatic carbocycles. The van der Waals surface area contributed by atoms with Gasteiger partial charge in [0.2, 0.25) is 5.88 Å². The first-order chi connectivity index (χ1) is 13.9. The Morgan fingerprint density at radius 3 is 2.66 bits per heavy atom. The van der Waals surface area contributed by atoms with Crippen molar-refractivity contribution in [1.29, 1.82) is 5.26 Å². The number of hydrogen-bond donors (Lipinski definition) is 1. The second kappa shape index (κ2) is 6.96. The maximum absolute atomic E-state index is 11.0. The molecule has 1 unspecified atom stereocenters. The van der Waals surface area contributed by atoms with Gasteiger partial charge in [-0.1, -0.05) is 28.9 Å². The monoisotopic (exact) mass is 407 g/mol. The fourth-order valence-corrected chi connectivity index (χ4v) is 3.70. The Morgan fingerprint density at radius 1 is 1.31 bits per heavy atom. The highest BCUT2D eigenvalue weighted by molar-refractivity contribution is 6.30. The van der Waals surface area contributed by atoms with Gasteiger partial charge >= 0.3 is 0 Å². The van der Waals surface area contributed by atoms with Gasteiger partial charge in [-0.05, 0) is 36.8 Å². The minimum Gasteiger partial charge on any atom is -0.384 e. The molecule has 2 heterocycles. The summed E-state index contributed by atoms with van der Waals surface area (Å²) in [6, 6.07) is 15.2. The minimum absolute atomic E-state index is 0.0559. The lowest BCUT2D eigenvalue weighted by Gasteiger charge is -2.32. The number of nitriles is 1. The van der Waals surface area contributed by atoms with E-state index in [0.717, 1.165) is 5.56 Å². The number of aryl methyl sites for hydroxylation is 1. The number of fused-ring (bicyclic) bond motifs is 1. The summed E-state index contributed by atoms with van der Waals surface area (Å²) >= 11 is 6.16. The number of allylic oxidation sites excluding steroid dienone is 1. The zero-order chi connectivity index (χ0) is 20.7. The average Bonchev–Trinajstić information content (AvgIpc) is 3.08. The number of non-ortho nitro benzene ring substituents is 1. The largest absolute Gasteiger partial charge is 0.384 e. The Hall–Kier alpha value is -3.83. The molecule has 0 bridgehead atoms. The van der Waals surface area contributed by atoms with E-state index in [4.69, 9.17) is 21.9 Å². The van der Waals surface area contributed by atoms with E-state index in [9.17, 15) is 15.4 Å². The summed E-state index contributed by atoms with van der Waals surface area (Å²) in [5, 5.41) is 25.5. The van der Waals surface area contributed by atoms with Gasteiger partial charge in [0.05, 0.1) is 39.4 Å². The standard InChI is InChI=1S/C20H14ClN5O3/c1-11-17-18(12-3-2-4-13(21)9-12)16(10-22)19(23)25(20(17)29-24-11)14-5-7-15(8-6-14)26(27)28/h2-9,18H,23H2,1H3. The van der Waals surface area contributed by atoms with Gasteiger partial charge in [-0.25, -0.2) is 0 Å². The summed E-state index contributed by atoms with van der Waals surface area (Å²) in [4.78, 5) is 12.0. The summed E-state index contributed by atoms with van der Waals surface area (Å²) in [7, 11) is 0. The molecular formula is C20H14ClN5O3. The number of rotatable bonds is 3. The fraction of sp³-hybridized carbons (Fsp3) is 0.100. The minimum atomic E-state index is -0.491. The number of nitrogens with two attached hydrogens (primary N) is 1. The maximum Gasteiger partial charge on any atom is 0.269 e. The van der Waals surface area contributed by atoms with Gasteiger partial charge in [0.1, 0.15) is 5.82 Å². The van der Waals surface area contributed by atoms with Crippen LogP contribution in [0, 0.1) is 28.4 Å². The molecule has 2 aromatic carbocycles. The Bertz CT molecular complexity index is 1190. The number of nitro benzene ring substituents is 1. The summed E-state index contributed by atoms with van der Waals surface area (Å²) in [6.45, 7) is 1.78. The number of nitrogens with zero attached hydrogens (tertiary/aromatic N) is 4. The van der Waals surface area contributed by atoms with Crippen molar-refractivity contribution < 1.29 is 9.45 Å². The van der Waals surface area contributed by atoms with E-state index in [1.165, 1.54) is 12.1 Å². The maximum atomic E-state index is 11.0. The Labute approximate surface area is 170 Å².